The maximum Gasteiger partial charge on any atom is 0.333 e. The number of hydrogen-bond acceptors (Lipinski definition) is 5. The molecular formula is C14H18N4O3. The summed E-state index contributed by atoms with van der Waals surface area (Å²) in [6, 6.07) is 5.04. The average molecular weight is 290 g/mol. The maximum atomic E-state index is 11.3. The van der Waals surface area contributed by atoms with Gasteiger partial charge in [-0.05, 0) is 26.0 Å². The monoisotopic (exact) mass is 290 g/mol. The largest absolute Gasteiger partial charge is 0.487 e. The van der Waals surface area contributed by atoms with Gasteiger partial charge in [-0.25, -0.2) is 4.98 Å². The molecule has 0 saturated heterocycles. The van der Waals surface area contributed by atoms with Gasteiger partial charge >= 0.3 is 5.69 Å². The number of benzene rings is 1. The molecule has 1 aromatic heterocycles. The van der Waals surface area contributed by atoms with E-state index >= 15 is 0 Å². The molecule has 0 fully saturated rings. The maximum absolute atomic E-state index is 11.3. The molecule has 7 heteroatoms. The van der Waals surface area contributed by atoms with Crippen LogP contribution >= 0.6 is 0 Å². The molecule has 0 aliphatic heterocycles. The minimum Gasteiger partial charge on any atom is -0.487 e. The SMILES string of the molecule is CCOc1cccc(NC(C)Cn2ccnc2)c1[N+](=O)[O-]. The van der Waals surface area contributed by atoms with Gasteiger partial charge in [-0.1, -0.05) is 6.07 Å². The number of hydrogen-bond donors (Lipinski definition) is 1. The molecule has 1 heterocycles. The summed E-state index contributed by atoms with van der Waals surface area (Å²) in [5, 5.41) is 14.4. The van der Waals surface area contributed by atoms with Crippen molar-refractivity contribution in [3.8, 4) is 5.75 Å². The number of nitro benzene ring substituents is 1. The first-order valence-corrected chi connectivity index (χ1v) is 6.74. The Kier molecular flexibility index (Phi) is 4.76. The number of nitro groups is 1. The van der Waals surface area contributed by atoms with Crippen molar-refractivity contribution in [2.24, 2.45) is 0 Å². The quantitative estimate of drug-likeness (QED) is 0.626. The van der Waals surface area contributed by atoms with Crippen molar-refractivity contribution >= 4 is 11.4 Å². The predicted molar refractivity (Wildman–Crippen MR) is 79.6 cm³/mol. The Hall–Kier alpha value is -2.57. The molecule has 0 saturated carbocycles. The van der Waals surface area contributed by atoms with E-state index in [4.69, 9.17) is 4.74 Å². The molecule has 0 radical (unpaired) electrons. The number of ether oxygens (including phenoxy) is 1. The van der Waals surface area contributed by atoms with E-state index in [9.17, 15) is 10.1 Å². The van der Waals surface area contributed by atoms with Gasteiger partial charge in [-0.3, -0.25) is 10.1 Å². The molecule has 2 aromatic rings. The van der Waals surface area contributed by atoms with Crippen LogP contribution in [0.25, 0.3) is 0 Å². The Balaban J connectivity index is 2.18. The van der Waals surface area contributed by atoms with Gasteiger partial charge in [-0.15, -0.1) is 0 Å². The van der Waals surface area contributed by atoms with Crippen LogP contribution in [0.2, 0.25) is 0 Å². The number of rotatable bonds is 7. The van der Waals surface area contributed by atoms with Crippen LogP contribution in [-0.2, 0) is 6.54 Å². The van der Waals surface area contributed by atoms with Gasteiger partial charge in [0.05, 0.1) is 17.9 Å². The van der Waals surface area contributed by atoms with E-state index in [0.29, 0.717) is 18.8 Å². The van der Waals surface area contributed by atoms with Crippen molar-refractivity contribution in [2.75, 3.05) is 11.9 Å². The van der Waals surface area contributed by atoms with Gasteiger partial charge < -0.3 is 14.6 Å². The molecule has 21 heavy (non-hydrogen) atoms. The lowest BCUT2D eigenvalue weighted by Crippen LogP contribution is -2.22. The molecule has 0 spiro atoms. The van der Waals surface area contributed by atoms with Gasteiger partial charge in [0.25, 0.3) is 0 Å². The van der Waals surface area contributed by atoms with Crippen LogP contribution in [-0.4, -0.2) is 27.1 Å². The fraction of sp³-hybridized carbons (Fsp3) is 0.357. The second-order valence-electron chi connectivity index (χ2n) is 4.65. The molecule has 1 unspecified atom stereocenters. The summed E-state index contributed by atoms with van der Waals surface area (Å²) in [5.41, 5.74) is 0.426. The fourth-order valence-corrected chi connectivity index (χ4v) is 2.12. The smallest absolute Gasteiger partial charge is 0.333 e. The highest BCUT2D eigenvalue weighted by Crippen LogP contribution is 2.35. The zero-order valence-electron chi connectivity index (χ0n) is 12.0. The molecular weight excluding hydrogens is 272 g/mol. The average Bonchev–Trinajstić information content (AvgIpc) is 2.91. The molecule has 1 aromatic carbocycles. The Morgan fingerprint density at radius 3 is 2.95 bits per heavy atom. The second-order valence-corrected chi connectivity index (χ2v) is 4.65. The van der Waals surface area contributed by atoms with Gasteiger partial charge in [-0.2, -0.15) is 0 Å². The molecule has 0 aliphatic rings. The van der Waals surface area contributed by atoms with Crippen LogP contribution in [0, 0.1) is 10.1 Å². The first kappa shape index (κ1) is 14.8. The van der Waals surface area contributed by atoms with Crippen molar-refractivity contribution in [1.82, 2.24) is 9.55 Å². The number of nitrogens with one attached hydrogen (secondary N) is 1. The van der Waals surface area contributed by atoms with Crippen molar-refractivity contribution in [3.05, 3.63) is 47.0 Å². The van der Waals surface area contributed by atoms with Crippen LogP contribution in [0.4, 0.5) is 11.4 Å². The fourth-order valence-electron chi connectivity index (χ4n) is 2.12. The lowest BCUT2D eigenvalue weighted by Gasteiger charge is -2.16. The minimum atomic E-state index is -0.419. The Morgan fingerprint density at radius 1 is 1.52 bits per heavy atom. The van der Waals surface area contributed by atoms with Gasteiger partial charge in [0.15, 0.2) is 5.75 Å². The Morgan fingerprint density at radius 2 is 2.33 bits per heavy atom. The van der Waals surface area contributed by atoms with Gasteiger partial charge in [0.2, 0.25) is 0 Å². The topological polar surface area (TPSA) is 82.2 Å². The van der Waals surface area contributed by atoms with Crippen LogP contribution in [0.5, 0.6) is 5.75 Å². The lowest BCUT2D eigenvalue weighted by molar-refractivity contribution is -0.385. The highest BCUT2D eigenvalue weighted by molar-refractivity contribution is 5.68. The van der Waals surface area contributed by atoms with Crippen molar-refractivity contribution in [1.29, 1.82) is 0 Å². The highest BCUT2D eigenvalue weighted by Gasteiger charge is 2.21. The summed E-state index contributed by atoms with van der Waals surface area (Å²) >= 11 is 0. The van der Waals surface area contributed by atoms with E-state index in [2.05, 4.69) is 10.3 Å². The number of nitrogens with zero attached hydrogens (tertiary/aromatic N) is 3. The van der Waals surface area contributed by atoms with Crippen LogP contribution in [0.3, 0.4) is 0 Å². The summed E-state index contributed by atoms with van der Waals surface area (Å²) < 4.78 is 7.24. The standard InChI is InChI=1S/C14H18N4O3/c1-3-21-13-6-4-5-12(14(13)18(19)20)16-11(2)9-17-8-7-15-10-17/h4-8,10-11,16H,3,9H2,1-2H3. The van der Waals surface area contributed by atoms with Crippen LogP contribution < -0.4 is 10.1 Å². The summed E-state index contributed by atoms with van der Waals surface area (Å²) in [7, 11) is 0. The summed E-state index contributed by atoms with van der Waals surface area (Å²) in [4.78, 5) is 14.8. The van der Waals surface area contributed by atoms with Crippen molar-refractivity contribution in [3.63, 3.8) is 0 Å². The van der Waals surface area contributed by atoms with Crippen LogP contribution in [0.15, 0.2) is 36.9 Å². The first-order valence-electron chi connectivity index (χ1n) is 6.74. The van der Waals surface area contributed by atoms with Gasteiger partial charge in [0, 0.05) is 25.0 Å². The van der Waals surface area contributed by atoms with Crippen molar-refractivity contribution in [2.45, 2.75) is 26.4 Å². The van der Waals surface area contributed by atoms with E-state index in [0.717, 1.165) is 0 Å². The predicted octanol–water partition coefficient (Wildman–Crippen LogP) is 2.69. The minimum absolute atomic E-state index is 0.00905. The van der Waals surface area contributed by atoms with Crippen LogP contribution in [0.1, 0.15) is 13.8 Å². The third kappa shape index (κ3) is 3.71. The summed E-state index contributed by atoms with van der Waals surface area (Å²) in [6.45, 7) is 4.80. The molecule has 0 aliphatic carbocycles. The molecule has 2 rings (SSSR count). The highest BCUT2D eigenvalue weighted by atomic mass is 16.6. The zero-order chi connectivity index (χ0) is 15.2. The van der Waals surface area contributed by atoms with E-state index in [1.165, 1.54) is 0 Å². The number of para-hydroxylation sites is 1. The number of anilines is 1. The third-order valence-electron chi connectivity index (χ3n) is 2.93. The van der Waals surface area contributed by atoms with Gasteiger partial charge in [0.1, 0.15) is 5.69 Å². The second kappa shape index (κ2) is 6.74. The molecule has 1 N–H and O–H groups in total. The molecule has 0 amide bonds. The Bertz CT molecular complexity index is 598. The first-order chi connectivity index (χ1) is 10.1. The third-order valence-corrected chi connectivity index (χ3v) is 2.93. The lowest BCUT2D eigenvalue weighted by atomic mass is 10.2. The molecule has 7 nitrogen and oxygen atoms in total. The van der Waals surface area contributed by atoms with E-state index in [-0.39, 0.29) is 17.5 Å². The Labute approximate surface area is 122 Å². The summed E-state index contributed by atoms with van der Waals surface area (Å²) in [6.07, 6.45) is 5.26. The molecule has 112 valence electrons. The summed E-state index contributed by atoms with van der Waals surface area (Å²) in [5.74, 6) is 0.280. The van der Waals surface area contributed by atoms with E-state index in [1.54, 1.807) is 37.6 Å². The molecule has 1 atom stereocenters. The van der Waals surface area contributed by atoms with Crippen molar-refractivity contribution < 1.29 is 9.66 Å². The number of aromatic nitrogens is 2. The number of imidazole rings is 1. The normalized spacial score (nSPS) is 11.9. The van der Waals surface area contributed by atoms with E-state index in [1.807, 2.05) is 17.7 Å². The molecule has 0 bridgehead atoms. The zero-order valence-corrected chi connectivity index (χ0v) is 12.0. The van der Waals surface area contributed by atoms with E-state index < -0.39 is 4.92 Å².